The highest BCUT2D eigenvalue weighted by atomic mass is 16.5. The Hall–Kier alpha value is -4.13. The zero-order chi connectivity index (χ0) is 35.3. The summed E-state index contributed by atoms with van der Waals surface area (Å²) in [6.45, 7) is 15.1. The number of benzene rings is 2. The van der Waals surface area contributed by atoms with Gasteiger partial charge in [-0.05, 0) is 24.6 Å². The second-order valence-electron chi connectivity index (χ2n) is 12.4. The molecule has 2 aromatic carbocycles. The van der Waals surface area contributed by atoms with E-state index in [1.165, 1.54) is 77.0 Å². The lowest BCUT2D eigenvalue weighted by Crippen LogP contribution is -2.18. The van der Waals surface area contributed by atoms with Gasteiger partial charge in [0.25, 0.3) is 0 Å². The molecule has 0 bridgehead atoms. The van der Waals surface area contributed by atoms with Gasteiger partial charge in [-0.3, -0.25) is 4.79 Å². The highest BCUT2D eigenvalue weighted by Gasteiger charge is 2.24. The van der Waals surface area contributed by atoms with Gasteiger partial charge >= 0.3 is 0 Å². The Bertz CT molecular complexity index is 1520. The van der Waals surface area contributed by atoms with E-state index in [0.717, 1.165) is 18.4 Å². The highest BCUT2D eigenvalue weighted by Crippen LogP contribution is 2.40. The van der Waals surface area contributed by atoms with Crippen LogP contribution in [0, 0.1) is 0 Å². The van der Waals surface area contributed by atoms with Gasteiger partial charge in [0.15, 0.2) is 17.2 Å². The summed E-state index contributed by atoms with van der Waals surface area (Å²) in [5, 5.41) is 0.439. The molecule has 0 fully saturated rings. The lowest BCUT2D eigenvalue weighted by molar-refractivity contribution is 0.326. The largest absolute Gasteiger partial charge is 0.497 e. The molecule has 0 saturated carbocycles. The Labute approximate surface area is 294 Å². The molecule has 0 aliphatic carbocycles. The molecule has 0 N–H and O–H groups in total. The summed E-state index contributed by atoms with van der Waals surface area (Å²) in [5.41, 5.74) is 1.87. The van der Waals surface area contributed by atoms with Gasteiger partial charge in [-0.25, -0.2) is 0 Å². The molecule has 3 aromatic rings. The summed E-state index contributed by atoms with van der Waals surface area (Å²) in [6, 6.07) is 9.32. The Morgan fingerprint density at radius 2 is 1.18 bits per heavy atom. The van der Waals surface area contributed by atoms with E-state index in [-0.39, 0.29) is 24.4 Å². The van der Waals surface area contributed by atoms with Crippen LogP contribution < -0.4 is 29.1 Å². The molecule has 268 valence electrons. The van der Waals surface area contributed by atoms with Crippen LogP contribution in [-0.2, 0) is 6.54 Å². The number of aryl methyl sites for hydroxylation is 1. The van der Waals surface area contributed by atoms with Crippen LogP contribution >= 0.6 is 0 Å². The summed E-state index contributed by atoms with van der Waals surface area (Å²) < 4.78 is 31.6. The van der Waals surface area contributed by atoms with Crippen molar-refractivity contribution in [3.05, 3.63) is 78.5 Å². The Morgan fingerprint density at radius 1 is 0.633 bits per heavy atom. The van der Waals surface area contributed by atoms with Crippen LogP contribution in [-0.4, -0.2) is 38.6 Å². The zero-order valence-electron chi connectivity index (χ0n) is 30.4. The van der Waals surface area contributed by atoms with Crippen LogP contribution in [0.2, 0.25) is 0 Å². The average Bonchev–Trinajstić information content (AvgIpc) is 3.12. The lowest BCUT2D eigenvalue weighted by Gasteiger charge is -2.23. The second-order valence-corrected chi connectivity index (χ2v) is 12.4. The summed E-state index contributed by atoms with van der Waals surface area (Å²) in [7, 11) is 3.22. The molecule has 0 radical (unpaired) electrons. The maximum absolute atomic E-state index is 14.3. The van der Waals surface area contributed by atoms with Gasteiger partial charge in [0.05, 0.1) is 30.8 Å². The molecule has 49 heavy (non-hydrogen) atoms. The van der Waals surface area contributed by atoms with Gasteiger partial charge in [0, 0.05) is 24.2 Å². The number of aromatic nitrogens is 1. The van der Waals surface area contributed by atoms with Crippen LogP contribution in [0.5, 0.6) is 28.7 Å². The first-order valence-electron chi connectivity index (χ1n) is 18.2. The number of hydrogen-bond donors (Lipinski definition) is 0. The third kappa shape index (κ3) is 11.8. The molecule has 0 aliphatic heterocycles. The fourth-order valence-electron chi connectivity index (χ4n) is 6.20. The van der Waals surface area contributed by atoms with E-state index in [4.69, 9.17) is 23.7 Å². The summed E-state index contributed by atoms with van der Waals surface area (Å²) in [4.78, 5) is 14.3. The zero-order valence-corrected chi connectivity index (χ0v) is 30.4. The van der Waals surface area contributed by atoms with Crippen molar-refractivity contribution in [1.29, 1.82) is 0 Å². The van der Waals surface area contributed by atoms with Crippen LogP contribution in [0.3, 0.4) is 0 Å². The van der Waals surface area contributed by atoms with Crippen molar-refractivity contribution < 1.29 is 23.7 Å². The molecular formula is C42H59NO6. The minimum Gasteiger partial charge on any atom is -0.497 e. The minimum absolute atomic E-state index is 0.170. The first-order valence-corrected chi connectivity index (χ1v) is 18.2. The van der Waals surface area contributed by atoms with Crippen LogP contribution in [0.15, 0.2) is 73.1 Å². The maximum Gasteiger partial charge on any atom is 0.235 e. The van der Waals surface area contributed by atoms with E-state index < -0.39 is 0 Å². The van der Waals surface area contributed by atoms with Crippen molar-refractivity contribution in [3.8, 4) is 40.0 Å². The Morgan fingerprint density at radius 3 is 1.73 bits per heavy atom. The molecule has 7 nitrogen and oxygen atoms in total. The second kappa shape index (κ2) is 22.5. The number of fused-ring (bicyclic) bond motifs is 1. The fourth-order valence-corrected chi connectivity index (χ4v) is 6.20. The highest BCUT2D eigenvalue weighted by molar-refractivity contribution is 5.92. The van der Waals surface area contributed by atoms with Crippen molar-refractivity contribution in [1.82, 2.24) is 4.57 Å². The summed E-state index contributed by atoms with van der Waals surface area (Å²) in [6.07, 6.45) is 22.9. The van der Waals surface area contributed by atoms with Gasteiger partial charge in [0.1, 0.15) is 31.3 Å². The normalized spacial score (nSPS) is 10.9. The van der Waals surface area contributed by atoms with E-state index in [2.05, 4.69) is 31.2 Å². The number of ether oxygens (including phenoxy) is 5. The number of unbranched alkanes of at least 4 members (excludes halogenated alkanes) is 13. The smallest absolute Gasteiger partial charge is 0.235 e. The molecular weight excluding hydrogens is 614 g/mol. The fraction of sp³-hybridized carbons (Fsp3) is 0.500. The van der Waals surface area contributed by atoms with Crippen LogP contribution in [0.25, 0.3) is 22.2 Å². The Balaban J connectivity index is 1.92. The van der Waals surface area contributed by atoms with Gasteiger partial charge in [-0.1, -0.05) is 128 Å². The summed E-state index contributed by atoms with van der Waals surface area (Å²) >= 11 is 0. The van der Waals surface area contributed by atoms with Crippen molar-refractivity contribution in [2.45, 2.75) is 103 Å². The molecule has 7 heteroatoms. The SMILES string of the molecule is C=CCOc1ccc(-c2c(OCC=C)c(=O)c3c(OCC=C)cc(OC)cc3n2CCCCCCCCCCCCCCCC)cc1OC. The number of pyridine rings is 1. The standard InChI is InChI=1S/C42H59NO6/c1-7-11-12-13-14-15-16-17-18-19-20-21-22-23-26-43-35-31-34(45-5)32-38(48-28-9-3)39(35)41(44)42(49-29-10-4)40(43)33-24-25-36(47-27-8-2)37(30-33)46-6/h8-10,24-25,30-32H,2-4,7,11-23,26-29H2,1,5-6H3. The average molecular weight is 674 g/mol. The predicted octanol–water partition coefficient (Wildman–Crippen LogP) is 10.9. The third-order valence-corrected chi connectivity index (χ3v) is 8.73. The van der Waals surface area contributed by atoms with Gasteiger partial charge in [0.2, 0.25) is 5.43 Å². The first-order chi connectivity index (χ1) is 24.0. The number of hydrogen-bond acceptors (Lipinski definition) is 6. The lowest BCUT2D eigenvalue weighted by atomic mass is 10.0. The summed E-state index contributed by atoms with van der Waals surface area (Å²) in [5.74, 6) is 2.38. The molecule has 0 amide bonds. The van der Waals surface area contributed by atoms with E-state index in [9.17, 15) is 4.79 Å². The monoisotopic (exact) mass is 673 g/mol. The molecule has 0 saturated heterocycles. The molecule has 1 aromatic heterocycles. The number of nitrogens with zero attached hydrogens (tertiary/aromatic N) is 1. The van der Waals surface area contributed by atoms with Gasteiger partial charge in [-0.2, -0.15) is 0 Å². The molecule has 3 rings (SSSR count). The van der Waals surface area contributed by atoms with E-state index in [1.54, 1.807) is 38.5 Å². The topological polar surface area (TPSA) is 68.2 Å². The van der Waals surface area contributed by atoms with Crippen molar-refractivity contribution in [2.75, 3.05) is 34.0 Å². The van der Waals surface area contributed by atoms with Crippen LogP contribution in [0.4, 0.5) is 0 Å². The predicted molar refractivity (Wildman–Crippen MR) is 204 cm³/mol. The minimum atomic E-state index is -0.267. The number of rotatable bonds is 27. The molecule has 0 spiro atoms. The van der Waals surface area contributed by atoms with Crippen molar-refractivity contribution in [3.63, 3.8) is 0 Å². The first kappa shape index (κ1) is 39.3. The van der Waals surface area contributed by atoms with E-state index in [1.807, 2.05) is 24.3 Å². The maximum atomic E-state index is 14.3. The van der Waals surface area contributed by atoms with Crippen molar-refractivity contribution >= 4 is 10.9 Å². The molecule has 1 heterocycles. The van der Waals surface area contributed by atoms with E-state index >= 15 is 0 Å². The Kier molecular flexibility index (Phi) is 18.0. The van der Waals surface area contributed by atoms with Crippen LogP contribution in [0.1, 0.15) is 96.8 Å². The van der Waals surface area contributed by atoms with Crippen molar-refractivity contribution in [2.24, 2.45) is 0 Å². The third-order valence-electron chi connectivity index (χ3n) is 8.73. The quantitative estimate of drug-likeness (QED) is 0.0593. The molecule has 0 aliphatic rings. The molecule has 0 atom stereocenters. The van der Waals surface area contributed by atoms with E-state index in [0.29, 0.717) is 52.7 Å². The van der Waals surface area contributed by atoms with Gasteiger partial charge < -0.3 is 28.3 Å². The molecule has 0 unspecified atom stereocenters. The van der Waals surface area contributed by atoms with Gasteiger partial charge in [-0.15, -0.1) is 0 Å². The number of methoxy groups -OCH3 is 2.